The third-order valence-electron chi connectivity index (χ3n) is 2.88. The molecule has 1 N–H and O–H groups in total. The highest BCUT2D eigenvalue weighted by Gasteiger charge is 2.40. The summed E-state index contributed by atoms with van der Waals surface area (Å²) in [5.74, 6) is -5.78. The van der Waals surface area contributed by atoms with Crippen LogP contribution in [0.3, 0.4) is 0 Å². The van der Waals surface area contributed by atoms with E-state index in [1.54, 1.807) is 0 Å². The van der Waals surface area contributed by atoms with E-state index >= 15 is 0 Å². The molecule has 1 heterocycles. The lowest BCUT2D eigenvalue weighted by Gasteiger charge is -2.12. The molecule has 0 aromatic heterocycles. The molecule has 1 saturated heterocycles. The molecule has 0 saturated carbocycles. The van der Waals surface area contributed by atoms with Gasteiger partial charge in [-0.2, -0.15) is 0 Å². The van der Waals surface area contributed by atoms with Crippen LogP contribution in [0.15, 0.2) is 18.2 Å². The molecule has 0 spiro atoms. The Kier molecular flexibility index (Phi) is 3.28. The molecule has 19 heavy (non-hydrogen) atoms. The molecule has 1 atom stereocenters. The molecule has 1 aromatic rings. The Labute approximate surface area is 106 Å². The van der Waals surface area contributed by atoms with Crippen molar-refractivity contribution < 1.29 is 28.3 Å². The number of imide groups is 1. The fourth-order valence-corrected chi connectivity index (χ4v) is 1.97. The summed E-state index contributed by atoms with van der Waals surface area (Å²) in [6.45, 7) is -0.724. The van der Waals surface area contributed by atoms with Crippen molar-refractivity contribution in [2.45, 2.75) is 12.3 Å². The number of amides is 2. The lowest BCUT2D eigenvalue weighted by Crippen LogP contribution is -2.35. The van der Waals surface area contributed by atoms with Crippen LogP contribution in [0.4, 0.5) is 8.78 Å². The topological polar surface area (TPSA) is 74.7 Å². The average Bonchev–Trinajstić information content (AvgIpc) is 2.60. The zero-order chi connectivity index (χ0) is 14.2. The van der Waals surface area contributed by atoms with E-state index in [9.17, 15) is 23.2 Å². The van der Waals surface area contributed by atoms with Crippen molar-refractivity contribution in [3.05, 3.63) is 35.4 Å². The number of carboxylic acid groups (broad SMARTS) is 1. The molecule has 2 amide bonds. The minimum Gasteiger partial charge on any atom is -0.480 e. The van der Waals surface area contributed by atoms with Gasteiger partial charge in [-0.1, -0.05) is 6.07 Å². The second kappa shape index (κ2) is 4.75. The van der Waals surface area contributed by atoms with Crippen molar-refractivity contribution in [2.75, 3.05) is 6.54 Å². The first-order chi connectivity index (χ1) is 8.90. The molecule has 0 radical (unpaired) electrons. The van der Waals surface area contributed by atoms with Crippen LogP contribution in [0.5, 0.6) is 0 Å². The van der Waals surface area contributed by atoms with Crippen LogP contribution in [-0.2, 0) is 14.4 Å². The zero-order valence-electron chi connectivity index (χ0n) is 9.60. The molecule has 1 fully saturated rings. The Morgan fingerprint density at radius 1 is 1.32 bits per heavy atom. The Morgan fingerprint density at radius 3 is 2.58 bits per heavy atom. The summed E-state index contributed by atoms with van der Waals surface area (Å²) in [5.41, 5.74) is 0.158. The fraction of sp³-hybridized carbons (Fsp3) is 0.250. The number of hydrogen-bond donors (Lipinski definition) is 1. The van der Waals surface area contributed by atoms with Gasteiger partial charge in [-0.05, 0) is 17.7 Å². The van der Waals surface area contributed by atoms with Crippen molar-refractivity contribution in [1.82, 2.24) is 4.90 Å². The van der Waals surface area contributed by atoms with Crippen LogP contribution >= 0.6 is 0 Å². The van der Waals surface area contributed by atoms with Crippen LogP contribution in [0.2, 0.25) is 0 Å². The molecule has 1 aliphatic heterocycles. The molecule has 0 bridgehead atoms. The van der Waals surface area contributed by atoms with Gasteiger partial charge in [-0.3, -0.25) is 19.3 Å². The monoisotopic (exact) mass is 269 g/mol. The number of hydrogen-bond acceptors (Lipinski definition) is 3. The van der Waals surface area contributed by atoms with Gasteiger partial charge in [0.1, 0.15) is 6.54 Å². The highest BCUT2D eigenvalue weighted by atomic mass is 19.2. The molecule has 7 heteroatoms. The van der Waals surface area contributed by atoms with Gasteiger partial charge < -0.3 is 5.11 Å². The Balaban J connectivity index is 2.27. The summed E-state index contributed by atoms with van der Waals surface area (Å²) in [5, 5.41) is 8.59. The van der Waals surface area contributed by atoms with Gasteiger partial charge in [0.15, 0.2) is 11.6 Å². The van der Waals surface area contributed by atoms with Gasteiger partial charge in [0, 0.05) is 6.42 Å². The van der Waals surface area contributed by atoms with E-state index in [4.69, 9.17) is 5.11 Å². The van der Waals surface area contributed by atoms with Crippen molar-refractivity contribution in [3.63, 3.8) is 0 Å². The van der Waals surface area contributed by atoms with E-state index < -0.39 is 41.9 Å². The fourth-order valence-electron chi connectivity index (χ4n) is 1.97. The summed E-state index contributed by atoms with van der Waals surface area (Å²) in [6, 6.07) is 2.91. The van der Waals surface area contributed by atoms with Gasteiger partial charge in [-0.25, -0.2) is 8.78 Å². The Hall–Kier alpha value is -2.31. The maximum atomic E-state index is 13.1. The van der Waals surface area contributed by atoms with Gasteiger partial charge in [-0.15, -0.1) is 0 Å². The minimum absolute atomic E-state index is 0.158. The van der Waals surface area contributed by atoms with E-state index in [0.29, 0.717) is 4.90 Å². The van der Waals surface area contributed by atoms with Crippen molar-refractivity contribution in [2.24, 2.45) is 0 Å². The van der Waals surface area contributed by atoms with Gasteiger partial charge in [0.05, 0.1) is 5.92 Å². The van der Waals surface area contributed by atoms with E-state index in [1.165, 1.54) is 6.07 Å². The van der Waals surface area contributed by atoms with E-state index in [-0.39, 0.29) is 12.0 Å². The number of carboxylic acids is 1. The Bertz CT molecular complexity index is 573. The molecule has 0 aliphatic carbocycles. The summed E-state index contributed by atoms with van der Waals surface area (Å²) in [7, 11) is 0. The van der Waals surface area contributed by atoms with Gasteiger partial charge in [0.2, 0.25) is 11.8 Å². The van der Waals surface area contributed by atoms with Crippen molar-refractivity contribution in [3.8, 4) is 0 Å². The summed E-state index contributed by atoms with van der Waals surface area (Å²) in [6.07, 6.45) is -0.239. The normalized spacial score (nSPS) is 19.1. The van der Waals surface area contributed by atoms with E-state index in [1.807, 2.05) is 0 Å². The van der Waals surface area contributed by atoms with Crippen LogP contribution < -0.4 is 0 Å². The molecular weight excluding hydrogens is 260 g/mol. The predicted octanol–water partition coefficient (Wildman–Crippen LogP) is 0.892. The molecule has 1 unspecified atom stereocenters. The van der Waals surface area contributed by atoms with E-state index in [2.05, 4.69) is 0 Å². The standard InChI is InChI=1S/C12H9F2NO4/c13-8-2-1-6(3-9(8)14)7-4-10(16)15(12(7)19)5-11(17)18/h1-3,7H,4-5H2,(H,17,18). The maximum absolute atomic E-state index is 13.1. The molecule has 5 nitrogen and oxygen atoms in total. The number of carbonyl (C=O) groups is 3. The first-order valence-corrected chi connectivity index (χ1v) is 5.41. The first kappa shape index (κ1) is 13.1. The molecule has 2 rings (SSSR count). The quantitative estimate of drug-likeness (QED) is 0.827. The number of halogens is 2. The van der Waals surface area contributed by atoms with Crippen molar-refractivity contribution >= 4 is 17.8 Å². The second-order valence-corrected chi connectivity index (χ2v) is 4.14. The summed E-state index contributed by atoms with van der Waals surface area (Å²) in [4.78, 5) is 34.5. The number of aliphatic carboxylic acids is 1. The van der Waals surface area contributed by atoms with Gasteiger partial charge >= 0.3 is 5.97 Å². The largest absolute Gasteiger partial charge is 0.480 e. The molecule has 1 aromatic carbocycles. The lowest BCUT2D eigenvalue weighted by molar-refractivity contribution is -0.148. The zero-order valence-corrected chi connectivity index (χ0v) is 9.60. The predicted molar refractivity (Wildman–Crippen MR) is 58.1 cm³/mol. The van der Waals surface area contributed by atoms with E-state index in [0.717, 1.165) is 12.1 Å². The third kappa shape index (κ3) is 2.44. The highest BCUT2D eigenvalue weighted by molar-refractivity contribution is 6.07. The van der Waals surface area contributed by atoms with Crippen LogP contribution in [0.1, 0.15) is 17.9 Å². The number of benzene rings is 1. The highest BCUT2D eigenvalue weighted by Crippen LogP contribution is 2.30. The number of likely N-dealkylation sites (tertiary alicyclic amines) is 1. The van der Waals surface area contributed by atoms with Crippen molar-refractivity contribution in [1.29, 1.82) is 0 Å². The van der Waals surface area contributed by atoms with Gasteiger partial charge in [0.25, 0.3) is 0 Å². The lowest BCUT2D eigenvalue weighted by atomic mass is 9.97. The number of rotatable bonds is 3. The first-order valence-electron chi connectivity index (χ1n) is 5.41. The maximum Gasteiger partial charge on any atom is 0.323 e. The molecule has 100 valence electrons. The molecular formula is C12H9F2NO4. The number of nitrogens with zero attached hydrogens (tertiary/aromatic N) is 1. The summed E-state index contributed by atoms with van der Waals surface area (Å²) < 4.78 is 25.9. The number of carbonyl (C=O) groups excluding carboxylic acids is 2. The van der Waals surface area contributed by atoms with Crippen LogP contribution in [-0.4, -0.2) is 34.3 Å². The minimum atomic E-state index is -1.31. The smallest absolute Gasteiger partial charge is 0.323 e. The van der Waals surface area contributed by atoms with Crippen LogP contribution in [0, 0.1) is 11.6 Å². The summed E-state index contributed by atoms with van der Waals surface area (Å²) >= 11 is 0. The second-order valence-electron chi connectivity index (χ2n) is 4.14. The van der Waals surface area contributed by atoms with Crippen LogP contribution in [0.25, 0.3) is 0 Å². The average molecular weight is 269 g/mol. The SMILES string of the molecule is O=C(O)CN1C(=O)CC(c2ccc(F)c(F)c2)C1=O. The third-order valence-corrected chi connectivity index (χ3v) is 2.88. The Morgan fingerprint density at radius 2 is 2.00 bits per heavy atom. The molecule has 1 aliphatic rings.